The van der Waals surface area contributed by atoms with Gasteiger partial charge in [-0.25, -0.2) is 4.85 Å². The fourth-order valence-corrected chi connectivity index (χ4v) is 3.43. The standard InChI is InChI=1S/C24H20N4O.CH3.ClH.Cu/c1-25-19-10-11-22-18(15-19)9-12-23(29-2)24(22)28(16-20-7-3-5-13-26-20)17-21-8-4-6-14-27-21;;;/h3-15H,16-17H2,2H3;1H3;1H;/q;-1;;+1/p-1. The number of rotatable bonds is 6. The van der Waals surface area contributed by atoms with Crippen molar-refractivity contribution >= 4 is 32.2 Å². The molecule has 32 heavy (non-hydrogen) atoms. The molecule has 0 spiro atoms. The van der Waals surface area contributed by atoms with Crippen LogP contribution in [0.1, 0.15) is 11.4 Å². The van der Waals surface area contributed by atoms with E-state index in [1.54, 1.807) is 19.5 Å². The van der Waals surface area contributed by atoms with E-state index in [2.05, 4.69) is 44.9 Å². The van der Waals surface area contributed by atoms with E-state index in [0.29, 0.717) is 18.8 Å². The van der Waals surface area contributed by atoms with E-state index in [4.69, 9.17) is 11.3 Å². The summed E-state index contributed by atoms with van der Waals surface area (Å²) >= 11 is 3.66. The van der Waals surface area contributed by atoms with E-state index in [1.165, 1.54) is 0 Å². The third kappa shape index (κ3) is 5.99. The van der Waals surface area contributed by atoms with Gasteiger partial charge in [-0.05, 0) is 41.8 Å². The number of aromatic nitrogens is 2. The summed E-state index contributed by atoms with van der Waals surface area (Å²) in [6.07, 6.45) is 3.60. The monoisotopic (exact) mass is 493 g/mol. The van der Waals surface area contributed by atoms with Gasteiger partial charge in [0.2, 0.25) is 0 Å². The average molecular weight is 494 g/mol. The zero-order valence-electron chi connectivity index (χ0n) is 17.8. The number of nitrogens with zero attached hydrogens (tertiary/aromatic N) is 4. The Labute approximate surface area is 201 Å². The number of fused-ring (bicyclic) bond motifs is 1. The van der Waals surface area contributed by atoms with Crippen LogP contribution in [0.4, 0.5) is 11.4 Å². The van der Waals surface area contributed by atoms with Crippen LogP contribution in [0.15, 0.2) is 79.1 Å². The summed E-state index contributed by atoms with van der Waals surface area (Å²) in [6, 6.07) is 21.5. The van der Waals surface area contributed by atoms with Crippen molar-refractivity contribution < 1.29 is 19.8 Å². The van der Waals surface area contributed by atoms with Crippen LogP contribution >= 0.6 is 10.1 Å². The number of pyridine rings is 2. The van der Waals surface area contributed by atoms with Crippen molar-refractivity contribution in [3.8, 4) is 5.75 Å². The third-order valence-electron chi connectivity index (χ3n) is 4.76. The number of hydrogen-bond acceptors (Lipinski definition) is 4. The fourth-order valence-electron chi connectivity index (χ4n) is 3.43. The van der Waals surface area contributed by atoms with E-state index in [1.807, 2.05) is 66.7 Å². The van der Waals surface area contributed by atoms with Crippen LogP contribution in [-0.4, -0.2) is 17.1 Å². The maximum absolute atomic E-state index is 7.31. The Morgan fingerprint density at radius 3 is 2.06 bits per heavy atom. The molecular weight excluding hydrogens is 471 g/mol. The molecule has 0 unspecified atom stereocenters. The Hall–Kier alpha value is -3.10. The summed E-state index contributed by atoms with van der Waals surface area (Å²) in [4.78, 5) is 14.8. The predicted octanol–water partition coefficient (Wildman–Crippen LogP) is 6.53. The minimum absolute atomic E-state index is 0. The van der Waals surface area contributed by atoms with Crippen molar-refractivity contribution in [3.05, 3.63) is 109 Å². The number of benzene rings is 2. The first-order valence-corrected chi connectivity index (χ1v) is 10.7. The molecule has 168 valence electrons. The number of halogens is 1. The van der Waals surface area contributed by atoms with Gasteiger partial charge in [0.25, 0.3) is 0 Å². The molecular formula is C25H23ClCuN4O-. The first-order valence-electron chi connectivity index (χ1n) is 9.43. The van der Waals surface area contributed by atoms with Crippen molar-refractivity contribution in [2.75, 3.05) is 12.0 Å². The Morgan fingerprint density at radius 2 is 1.56 bits per heavy atom. The molecule has 0 N–H and O–H groups in total. The summed E-state index contributed by atoms with van der Waals surface area (Å²) < 4.78 is 5.72. The number of ether oxygens (including phenoxy) is 1. The number of anilines is 1. The fraction of sp³-hybridized carbons (Fsp3) is 0.120. The van der Waals surface area contributed by atoms with E-state index in [0.717, 1.165) is 33.6 Å². The van der Waals surface area contributed by atoms with Crippen molar-refractivity contribution in [2.45, 2.75) is 13.1 Å². The second-order valence-corrected chi connectivity index (χ2v) is 6.63. The average Bonchev–Trinajstić information content (AvgIpc) is 2.85. The molecule has 0 fully saturated rings. The van der Waals surface area contributed by atoms with Crippen molar-refractivity contribution in [1.29, 1.82) is 0 Å². The van der Waals surface area contributed by atoms with Crippen LogP contribution in [0.2, 0.25) is 0 Å². The zero-order chi connectivity index (χ0) is 22.1. The van der Waals surface area contributed by atoms with Crippen molar-refractivity contribution in [1.82, 2.24) is 9.97 Å². The molecule has 0 aliphatic heterocycles. The quantitative estimate of drug-likeness (QED) is 0.226. The topological polar surface area (TPSA) is 42.6 Å². The first kappa shape index (κ1) is 25.2. The zero-order valence-corrected chi connectivity index (χ0v) is 19.5. The third-order valence-corrected chi connectivity index (χ3v) is 4.76. The van der Waals surface area contributed by atoms with E-state index >= 15 is 0 Å². The van der Waals surface area contributed by atoms with E-state index in [9.17, 15) is 0 Å². The van der Waals surface area contributed by atoms with Gasteiger partial charge in [0, 0.05) is 17.8 Å². The van der Waals surface area contributed by atoms with Gasteiger partial charge in [-0.3, -0.25) is 9.97 Å². The second-order valence-electron chi connectivity index (χ2n) is 6.63. The summed E-state index contributed by atoms with van der Waals surface area (Å²) in [5.74, 6) is 0.778. The molecule has 5 nitrogen and oxygen atoms in total. The van der Waals surface area contributed by atoms with Crippen molar-refractivity contribution in [3.63, 3.8) is 0 Å². The predicted molar refractivity (Wildman–Crippen MR) is 127 cm³/mol. The second kappa shape index (κ2) is 12.7. The molecule has 0 saturated heterocycles. The van der Waals surface area contributed by atoms with Gasteiger partial charge in [-0.1, -0.05) is 30.3 Å². The van der Waals surface area contributed by atoms with Crippen LogP contribution in [0.25, 0.3) is 15.6 Å². The Bertz CT molecular complexity index is 1130. The molecule has 2 heterocycles. The Balaban J connectivity index is 0.00000118. The van der Waals surface area contributed by atoms with Crippen LogP contribution in [-0.2, 0) is 28.2 Å². The molecule has 0 aliphatic rings. The number of methoxy groups -OCH3 is 1. The van der Waals surface area contributed by atoms with Gasteiger partial charge in [-0.2, -0.15) is 0 Å². The normalized spacial score (nSPS) is 9.72. The van der Waals surface area contributed by atoms with Gasteiger partial charge in [0.1, 0.15) is 5.75 Å². The maximum atomic E-state index is 7.31. The van der Waals surface area contributed by atoms with Crippen LogP contribution < -0.4 is 9.64 Å². The van der Waals surface area contributed by atoms with Crippen molar-refractivity contribution in [2.24, 2.45) is 0 Å². The summed E-state index contributed by atoms with van der Waals surface area (Å²) in [5.41, 5.74) is 3.51. The van der Waals surface area contributed by atoms with Gasteiger partial charge in [0.05, 0.1) is 43.8 Å². The molecule has 7 heteroatoms. The van der Waals surface area contributed by atoms with Crippen LogP contribution in [0, 0.1) is 14.0 Å². The minimum atomic E-state index is 0. The summed E-state index contributed by atoms with van der Waals surface area (Å²) in [5, 5.41) is 2.03. The molecule has 2 aromatic carbocycles. The van der Waals surface area contributed by atoms with E-state index < -0.39 is 0 Å². The molecule has 0 radical (unpaired) electrons. The molecule has 4 aromatic rings. The molecule has 0 saturated carbocycles. The summed E-state index contributed by atoms with van der Waals surface area (Å²) in [6.45, 7) is 8.52. The van der Waals surface area contributed by atoms with Gasteiger partial charge >= 0.3 is 25.2 Å². The van der Waals surface area contributed by atoms with Gasteiger partial charge in [0.15, 0.2) is 5.69 Å². The molecule has 2 aromatic heterocycles. The molecule has 0 bridgehead atoms. The molecule has 0 amide bonds. The van der Waals surface area contributed by atoms with Gasteiger partial charge in [-0.15, -0.1) is 0 Å². The van der Waals surface area contributed by atoms with E-state index in [-0.39, 0.29) is 7.43 Å². The van der Waals surface area contributed by atoms with Crippen LogP contribution in [0.5, 0.6) is 5.75 Å². The summed E-state index contributed by atoms with van der Waals surface area (Å²) in [7, 11) is 5.88. The SMILES string of the molecule is [C-]#[N+]c1ccc2c(N(Cc3ccccn3)Cc3ccccn3)c(OC)ccc2c1.[CH3-].[Cl][Cu]. The molecule has 0 atom stereocenters. The Morgan fingerprint density at radius 1 is 0.938 bits per heavy atom. The van der Waals surface area contributed by atoms with Crippen LogP contribution in [0.3, 0.4) is 0 Å². The molecule has 4 rings (SSSR count). The van der Waals surface area contributed by atoms with Gasteiger partial charge < -0.3 is 17.1 Å². The Kier molecular flexibility index (Phi) is 9.97. The first-order chi connectivity index (χ1) is 15.3. The number of hydrogen-bond donors (Lipinski definition) is 0. The molecule has 0 aliphatic carbocycles.